The average Bonchev–Trinajstić information content (AvgIpc) is 2.33. The zero-order chi connectivity index (χ0) is 11.0. The fraction of sp³-hybridized carbons (Fsp3) is 0.125. The molecule has 16 heavy (non-hydrogen) atoms. The smallest absolute Gasteiger partial charge is 0.0422 e. The summed E-state index contributed by atoms with van der Waals surface area (Å²) in [6.07, 6.45) is 3.17. The number of rotatable bonds is 2. The standard InChI is InChI=1S/C16H14/c1-2-16(14-9-4-3-5-10-14)12-13-8-6-7-11-15(13)16/h2-11H,1,12H2. The van der Waals surface area contributed by atoms with E-state index in [1.807, 2.05) is 0 Å². The van der Waals surface area contributed by atoms with Gasteiger partial charge in [0.2, 0.25) is 0 Å². The largest absolute Gasteiger partial charge is 0.102 e. The van der Waals surface area contributed by atoms with Gasteiger partial charge in [0, 0.05) is 5.41 Å². The molecule has 1 atom stereocenters. The van der Waals surface area contributed by atoms with Crippen LogP contribution in [0.25, 0.3) is 0 Å². The van der Waals surface area contributed by atoms with Crippen LogP contribution in [0.5, 0.6) is 0 Å². The van der Waals surface area contributed by atoms with Crippen molar-refractivity contribution >= 4 is 0 Å². The number of hydrogen-bond donors (Lipinski definition) is 0. The third kappa shape index (κ3) is 1.10. The lowest BCUT2D eigenvalue weighted by Gasteiger charge is -2.42. The first-order chi connectivity index (χ1) is 7.87. The van der Waals surface area contributed by atoms with Crippen molar-refractivity contribution in [1.82, 2.24) is 0 Å². The van der Waals surface area contributed by atoms with E-state index in [1.165, 1.54) is 16.7 Å². The topological polar surface area (TPSA) is 0 Å². The molecular weight excluding hydrogens is 192 g/mol. The van der Waals surface area contributed by atoms with Crippen LogP contribution in [0.3, 0.4) is 0 Å². The summed E-state index contributed by atoms with van der Waals surface area (Å²) >= 11 is 0. The predicted octanol–water partition coefficient (Wildman–Crippen LogP) is 3.71. The van der Waals surface area contributed by atoms with Gasteiger partial charge in [0.05, 0.1) is 0 Å². The van der Waals surface area contributed by atoms with Gasteiger partial charge in [-0.1, -0.05) is 60.7 Å². The van der Waals surface area contributed by atoms with E-state index in [1.54, 1.807) is 0 Å². The molecule has 78 valence electrons. The molecule has 0 amide bonds. The molecule has 0 N–H and O–H groups in total. The van der Waals surface area contributed by atoms with Crippen molar-refractivity contribution in [3.05, 3.63) is 83.9 Å². The lowest BCUT2D eigenvalue weighted by atomic mass is 9.60. The Hall–Kier alpha value is -1.82. The van der Waals surface area contributed by atoms with Crippen LogP contribution < -0.4 is 0 Å². The van der Waals surface area contributed by atoms with Crippen LogP contribution in [0, 0.1) is 0 Å². The predicted molar refractivity (Wildman–Crippen MR) is 67.6 cm³/mol. The fourth-order valence-corrected chi connectivity index (χ4v) is 2.69. The third-order valence-electron chi connectivity index (χ3n) is 3.60. The molecule has 1 aliphatic rings. The molecule has 0 bridgehead atoms. The highest BCUT2D eigenvalue weighted by molar-refractivity contribution is 5.56. The van der Waals surface area contributed by atoms with Crippen molar-refractivity contribution in [2.75, 3.05) is 0 Å². The highest BCUT2D eigenvalue weighted by Gasteiger charge is 2.40. The van der Waals surface area contributed by atoms with Gasteiger partial charge in [0.1, 0.15) is 0 Å². The molecule has 0 aromatic heterocycles. The van der Waals surface area contributed by atoms with Gasteiger partial charge in [-0.2, -0.15) is 0 Å². The minimum absolute atomic E-state index is 0.0534. The van der Waals surface area contributed by atoms with Crippen molar-refractivity contribution in [1.29, 1.82) is 0 Å². The molecule has 1 unspecified atom stereocenters. The SMILES string of the molecule is C=CC1(c2ccccc2)Cc2ccccc21. The summed E-state index contributed by atoms with van der Waals surface area (Å²) in [6.45, 7) is 4.03. The second-order valence-corrected chi connectivity index (χ2v) is 4.38. The number of hydrogen-bond acceptors (Lipinski definition) is 0. The van der Waals surface area contributed by atoms with E-state index in [0.717, 1.165) is 6.42 Å². The van der Waals surface area contributed by atoms with Gasteiger partial charge >= 0.3 is 0 Å². The van der Waals surface area contributed by atoms with E-state index in [4.69, 9.17) is 0 Å². The van der Waals surface area contributed by atoms with Crippen LogP contribution in [0.1, 0.15) is 16.7 Å². The molecule has 0 nitrogen and oxygen atoms in total. The zero-order valence-electron chi connectivity index (χ0n) is 9.19. The van der Waals surface area contributed by atoms with Crippen LogP contribution in [0.4, 0.5) is 0 Å². The first kappa shape index (κ1) is 9.41. The summed E-state index contributed by atoms with van der Waals surface area (Å²) in [4.78, 5) is 0. The number of allylic oxidation sites excluding steroid dienone is 1. The molecule has 0 aliphatic heterocycles. The summed E-state index contributed by atoms with van der Waals surface area (Å²) < 4.78 is 0. The third-order valence-corrected chi connectivity index (χ3v) is 3.60. The van der Waals surface area contributed by atoms with Crippen molar-refractivity contribution in [3.8, 4) is 0 Å². The Balaban J connectivity index is 2.16. The van der Waals surface area contributed by atoms with Crippen molar-refractivity contribution in [2.45, 2.75) is 11.8 Å². The van der Waals surface area contributed by atoms with Gasteiger partial charge in [-0.3, -0.25) is 0 Å². The first-order valence-corrected chi connectivity index (χ1v) is 5.64. The van der Waals surface area contributed by atoms with Gasteiger partial charge in [0.15, 0.2) is 0 Å². The Morgan fingerprint density at radius 3 is 2.31 bits per heavy atom. The van der Waals surface area contributed by atoms with Crippen molar-refractivity contribution in [2.24, 2.45) is 0 Å². The molecule has 2 aromatic carbocycles. The Kier molecular flexibility index (Phi) is 1.97. The van der Waals surface area contributed by atoms with Crippen LogP contribution in [-0.4, -0.2) is 0 Å². The van der Waals surface area contributed by atoms with Crippen LogP contribution in [0.2, 0.25) is 0 Å². The monoisotopic (exact) mass is 206 g/mol. The quantitative estimate of drug-likeness (QED) is 0.657. The van der Waals surface area contributed by atoms with E-state index in [2.05, 4.69) is 67.3 Å². The molecule has 0 saturated carbocycles. The minimum atomic E-state index is 0.0534. The molecule has 1 aliphatic carbocycles. The molecule has 0 heterocycles. The lowest BCUT2D eigenvalue weighted by Crippen LogP contribution is -2.37. The molecule has 2 aromatic rings. The first-order valence-electron chi connectivity index (χ1n) is 5.64. The number of fused-ring (bicyclic) bond motifs is 1. The average molecular weight is 206 g/mol. The van der Waals surface area contributed by atoms with Gasteiger partial charge in [-0.15, -0.1) is 6.58 Å². The van der Waals surface area contributed by atoms with E-state index < -0.39 is 0 Å². The number of benzene rings is 2. The molecule has 0 heteroatoms. The highest BCUT2D eigenvalue weighted by atomic mass is 14.4. The lowest BCUT2D eigenvalue weighted by molar-refractivity contribution is 0.560. The maximum absolute atomic E-state index is 4.03. The van der Waals surface area contributed by atoms with Gasteiger partial charge < -0.3 is 0 Å². The molecule has 0 spiro atoms. The second-order valence-electron chi connectivity index (χ2n) is 4.38. The second kappa shape index (κ2) is 3.34. The molecule has 0 fully saturated rings. The zero-order valence-corrected chi connectivity index (χ0v) is 9.19. The van der Waals surface area contributed by atoms with Gasteiger partial charge in [0.25, 0.3) is 0 Å². The van der Waals surface area contributed by atoms with E-state index in [-0.39, 0.29) is 5.41 Å². The fourth-order valence-electron chi connectivity index (χ4n) is 2.69. The van der Waals surface area contributed by atoms with Crippen molar-refractivity contribution < 1.29 is 0 Å². The molecule has 0 saturated heterocycles. The summed E-state index contributed by atoms with van der Waals surface area (Å²) in [6, 6.07) is 19.3. The normalized spacial score (nSPS) is 22.0. The minimum Gasteiger partial charge on any atom is -0.102 e. The summed E-state index contributed by atoms with van der Waals surface area (Å²) in [5, 5.41) is 0. The maximum Gasteiger partial charge on any atom is 0.0422 e. The molecule has 3 rings (SSSR count). The van der Waals surface area contributed by atoms with Gasteiger partial charge in [-0.05, 0) is 23.1 Å². The van der Waals surface area contributed by atoms with Gasteiger partial charge in [-0.25, -0.2) is 0 Å². The Bertz CT molecular complexity index is 525. The van der Waals surface area contributed by atoms with Crippen molar-refractivity contribution in [3.63, 3.8) is 0 Å². The van der Waals surface area contributed by atoms with E-state index >= 15 is 0 Å². The van der Waals surface area contributed by atoms with E-state index in [0.29, 0.717) is 0 Å². The van der Waals surface area contributed by atoms with Crippen LogP contribution >= 0.6 is 0 Å². The summed E-state index contributed by atoms with van der Waals surface area (Å²) in [7, 11) is 0. The van der Waals surface area contributed by atoms with Crippen LogP contribution in [-0.2, 0) is 11.8 Å². The Morgan fingerprint density at radius 2 is 1.62 bits per heavy atom. The molecule has 0 radical (unpaired) electrons. The Labute approximate surface area is 96.3 Å². The highest BCUT2D eigenvalue weighted by Crippen LogP contribution is 2.46. The molecular formula is C16H14. The maximum atomic E-state index is 4.03. The van der Waals surface area contributed by atoms with E-state index in [9.17, 15) is 0 Å². The summed E-state index contributed by atoms with van der Waals surface area (Å²) in [5.74, 6) is 0. The Morgan fingerprint density at radius 1 is 0.938 bits per heavy atom. The summed E-state index contributed by atoms with van der Waals surface area (Å²) in [5.41, 5.74) is 4.27. The van der Waals surface area contributed by atoms with Crippen LogP contribution in [0.15, 0.2) is 67.3 Å².